The number of ether oxygens (including phenoxy) is 2. The lowest BCUT2D eigenvalue weighted by atomic mass is 9.71. The number of hydrogen-bond donors (Lipinski definition) is 2. The zero-order valence-electron chi connectivity index (χ0n) is 36.5. The zero-order chi connectivity index (χ0) is 43.1. The van der Waals surface area contributed by atoms with Crippen LogP contribution in [0.1, 0.15) is 114 Å². The lowest BCUT2D eigenvalue weighted by Crippen LogP contribution is -2.61. The van der Waals surface area contributed by atoms with Crippen LogP contribution in [0.25, 0.3) is 10.8 Å². The second-order valence-electron chi connectivity index (χ2n) is 19.4. The number of aromatic nitrogens is 2. The summed E-state index contributed by atoms with van der Waals surface area (Å²) in [5, 5.41) is 15.3. The molecule has 3 saturated heterocycles. The van der Waals surface area contributed by atoms with Gasteiger partial charge in [0, 0.05) is 67.7 Å². The molecule has 61 heavy (non-hydrogen) atoms. The van der Waals surface area contributed by atoms with Gasteiger partial charge in [-0.05, 0) is 118 Å². The predicted octanol–water partition coefficient (Wildman–Crippen LogP) is 7.63. The van der Waals surface area contributed by atoms with E-state index in [1.165, 1.54) is 12.1 Å². The van der Waals surface area contributed by atoms with Crippen molar-refractivity contribution in [1.82, 2.24) is 25.1 Å². The summed E-state index contributed by atoms with van der Waals surface area (Å²) in [6.45, 7) is 17.0. The number of anilines is 1. The molecule has 4 fully saturated rings. The van der Waals surface area contributed by atoms with E-state index in [4.69, 9.17) is 25.9 Å². The number of carbonyl (C=O) groups is 1. The number of nitrogens with zero attached hydrogens (tertiary/aromatic N) is 5. The number of rotatable bonds is 9. The minimum atomic E-state index is -0.977. The Labute approximate surface area is 360 Å². The minimum absolute atomic E-state index is 0.0886. The van der Waals surface area contributed by atoms with Gasteiger partial charge in [0.05, 0.1) is 30.0 Å². The number of terminal acetylenes is 1. The van der Waals surface area contributed by atoms with E-state index in [1.54, 1.807) is 18.2 Å². The highest BCUT2D eigenvalue weighted by atomic mass is 19.1. The number of aromatic hydroxyl groups is 1. The van der Waals surface area contributed by atoms with E-state index in [0.717, 1.165) is 93.9 Å². The largest absolute Gasteiger partial charge is 0.508 e. The summed E-state index contributed by atoms with van der Waals surface area (Å²) in [5.41, 5.74) is 1.90. The van der Waals surface area contributed by atoms with Crippen molar-refractivity contribution in [3.63, 3.8) is 0 Å². The van der Waals surface area contributed by atoms with Gasteiger partial charge in [0.15, 0.2) is 0 Å². The number of nitrogens with one attached hydrogen (secondary N) is 1. The second kappa shape index (κ2) is 17.8. The molecule has 2 aliphatic carbocycles. The minimum Gasteiger partial charge on any atom is -0.508 e. The highest BCUT2D eigenvalue weighted by molar-refractivity contribution is 5.93. The van der Waals surface area contributed by atoms with Crippen molar-refractivity contribution in [3.8, 4) is 24.1 Å². The average Bonchev–Trinajstić information content (AvgIpc) is 3.43. The summed E-state index contributed by atoms with van der Waals surface area (Å²) in [6.07, 6.45) is 15.3. The Kier molecular flexibility index (Phi) is 12.7. The van der Waals surface area contributed by atoms with Crippen molar-refractivity contribution in [3.05, 3.63) is 65.1 Å². The topological polar surface area (TPSA) is 103 Å². The van der Waals surface area contributed by atoms with Gasteiger partial charge in [-0.2, -0.15) is 9.97 Å². The van der Waals surface area contributed by atoms with Gasteiger partial charge in [-0.3, -0.25) is 14.6 Å². The number of phenolic OH excluding ortho intramolecular Hbond substituents is 1. The Morgan fingerprint density at radius 3 is 2.64 bits per heavy atom. The molecule has 1 amide bonds. The second-order valence-corrected chi connectivity index (χ2v) is 19.4. The number of amides is 1. The Morgan fingerprint density at radius 1 is 1.11 bits per heavy atom. The van der Waals surface area contributed by atoms with E-state index >= 15 is 8.78 Å². The third-order valence-corrected chi connectivity index (χ3v) is 14.7. The third-order valence-electron chi connectivity index (χ3n) is 14.7. The number of benzene rings is 2. The summed E-state index contributed by atoms with van der Waals surface area (Å²) < 4.78 is 43.8. The SMILES string of the molecule is C#Cc1c(F)ccc2cc(O)cc([C@@H]3CCc4c(nc(OC[C@]5(C(C)(C)C)C[C@@H](F)CN5C5CCC(N6CCOC[C@@H]6C)CC5)nc4N4CCCCC(NC(=O)C=C)C4)C3)c12. The molecule has 8 rings (SSSR count). The van der Waals surface area contributed by atoms with E-state index in [9.17, 15) is 9.90 Å². The molecule has 0 spiro atoms. The quantitative estimate of drug-likeness (QED) is 0.167. The predicted molar refractivity (Wildman–Crippen MR) is 235 cm³/mol. The van der Waals surface area contributed by atoms with Crippen LogP contribution in [0.15, 0.2) is 36.9 Å². The Balaban J connectivity index is 1.13. The van der Waals surface area contributed by atoms with Crippen LogP contribution in [0.3, 0.4) is 0 Å². The molecule has 3 aromatic rings. The van der Waals surface area contributed by atoms with Crippen molar-refractivity contribution in [2.75, 3.05) is 50.9 Å². The maximum absolute atomic E-state index is 16.0. The molecule has 0 radical (unpaired) electrons. The highest BCUT2D eigenvalue weighted by Crippen LogP contribution is 2.49. The van der Waals surface area contributed by atoms with Crippen LogP contribution in [-0.4, -0.2) is 113 Å². The van der Waals surface area contributed by atoms with Crippen molar-refractivity contribution in [2.45, 2.75) is 140 Å². The van der Waals surface area contributed by atoms with Crippen LogP contribution in [0.5, 0.6) is 11.8 Å². The molecule has 5 aliphatic rings. The van der Waals surface area contributed by atoms with E-state index in [0.29, 0.717) is 61.6 Å². The Hall–Kier alpha value is -4.31. The molecule has 2 aromatic carbocycles. The molecule has 1 aromatic heterocycles. The number of likely N-dealkylation sites (tertiary alicyclic amines) is 1. The summed E-state index contributed by atoms with van der Waals surface area (Å²) in [4.78, 5) is 30.2. The van der Waals surface area contributed by atoms with Crippen molar-refractivity contribution in [1.29, 1.82) is 0 Å². The van der Waals surface area contributed by atoms with Crippen molar-refractivity contribution in [2.24, 2.45) is 5.41 Å². The molecule has 0 bridgehead atoms. The van der Waals surface area contributed by atoms with Crippen LogP contribution < -0.4 is 15.0 Å². The number of alkyl halides is 1. The fraction of sp³-hybridized carbons (Fsp3) is 0.612. The molecule has 5 atom stereocenters. The van der Waals surface area contributed by atoms with Gasteiger partial charge in [0.1, 0.15) is 30.2 Å². The van der Waals surface area contributed by atoms with Gasteiger partial charge in [-0.25, -0.2) is 8.78 Å². The lowest BCUT2D eigenvalue weighted by molar-refractivity contribution is -0.117. The van der Waals surface area contributed by atoms with E-state index in [-0.39, 0.29) is 53.3 Å². The van der Waals surface area contributed by atoms with Gasteiger partial charge in [0.2, 0.25) is 5.91 Å². The van der Waals surface area contributed by atoms with Crippen molar-refractivity contribution < 1.29 is 28.2 Å². The first-order valence-corrected chi connectivity index (χ1v) is 22.6. The Bertz CT molecular complexity index is 2150. The lowest BCUT2D eigenvalue weighted by Gasteiger charge is -2.52. The maximum Gasteiger partial charge on any atom is 0.318 e. The summed E-state index contributed by atoms with van der Waals surface area (Å²) in [6, 6.07) is 7.67. The van der Waals surface area contributed by atoms with Gasteiger partial charge in [-0.1, -0.05) is 39.3 Å². The monoisotopic (exact) mass is 838 g/mol. The fourth-order valence-corrected chi connectivity index (χ4v) is 11.5. The third kappa shape index (κ3) is 8.72. The molecule has 328 valence electrons. The highest BCUT2D eigenvalue weighted by Gasteiger charge is 2.56. The average molecular weight is 839 g/mol. The van der Waals surface area contributed by atoms with Crippen LogP contribution in [0, 0.1) is 23.6 Å². The first-order valence-electron chi connectivity index (χ1n) is 22.6. The number of phenols is 1. The number of fused-ring (bicyclic) bond motifs is 2. The molecule has 10 nitrogen and oxygen atoms in total. The van der Waals surface area contributed by atoms with Gasteiger partial charge < -0.3 is 24.8 Å². The van der Waals surface area contributed by atoms with Gasteiger partial charge in [0.25, 0.3) is 0 Å². The summed E-state index contributed by atoms with van der Waals surface area (Å²) >= 11 is 0. The van der Waals surface area contributed by atoms with Crippen LogP contribution in [-0.2, 0) is 22.4 Å². The molecule has 3 aliphatic heterocycles. The fourth-order valence-electron chi connectivity index (χ4n) is 11.5. The molecule has 1 saturated carbocycles. The van der Waals surface area contributed by atoms with E-state index < -0.39 is 17.5 Å². The van der Waals surface area contributed by atoms with Crippen LogP contribution in [0.4, 0.5) is 14.6 Å². The summed E-state index contributed by atoms with van der Waals surface area (Å²) in [5.74, 6) is 2.67. The first kappa shape index (κ1) is 43.3. The van der Waals surface area contributed by atoms with E-state index in [1.807, 2.05) is 0 Å². The number of carbonyl (C=O) groups excluding carboxylic acids is 1. The molecular weight excluding hydrogens is 775 g/mol. The normalized spacial score (nSPS) is 29.1. The van der Waals surface area contributed by atoms with E-state index in [2.05, 4.69) is 60.2 Å². The van der Waals surface area contributed by atoms with Crippen LogP contribution >= 0.6 is 0 Å². The van der Waals surface area contributed by atoms with Crippen LogP contribution in [0.2, 0.25) is 0 Å². The standard InChI is InChI=1S/C49H64F2N6O4/c1-7-39-42(51)19-13-33-23-38(58)25-41(45(33)39)32-12-18-40-43(24-32)53-47(54-46(40)55-20-10-9-11-35(28-55)52-44(59)8-2)61-30-49(48(4,5)6)26-34(50)27-57(49)37-16-14-36(15-17-37)56-21-22-60-29-31(56)3/h1,8,13,19,23,25,31-32,34-37,58H,2,9-12,14-18,20-22,24,26-30H2,3-6H3,(H,52,59)/t31-,32+,34+,35?,36?,37?,49-/m0/s1. The zero-order valence-corrected chi connectivity index (χ0v) is 36.5. The van der Waals surface area contributed by atoms with Crippen molar-refractivity contribution >= 4 is 22.5 Å². The number of morpholine rings is 1. The number of halogens is 2. The maximum atomic E-state index is 16.0. The first-order chi connectivity index (χ1) is 29.3. The molecule has 12 heteroatoms. The Morgan fingerprint density at radius 2 is 1.90 bits per heavy atom. The number of hydrogen-bond acceptors (Lipinski definition) is 9. The van der Waals surface area contributed by atoms with Gasteiger partial charge in [-0.15, -0.1) is 6.42 Å². The molecule has 1 unspecified atom stereocenters. The summed E-state index contributed by atoms with van der Waals surface area (Å²) in [7, 11) is 0. The molecule has 2 N–H and O–H groups in total. The smallest absolute Gasteiger partial charge is 0.318 e. The molecule has 4 heterocycles. The molecular formula is C49H64F2N6O4. The van der Waals surface area contributed by atoms with Gasteiger partial charge >= 0.3 is 6.01 Å².